The van der Waals surface area contributed by atoms with E-state index in [-0.39, 0.29) is 12.6 Å². The first-order valence-electron chi connectivity index (χ1n) is 6.95. The molecule has 1 atom stereocenters. The lowest BCUT2D eigenvalue weighted by molar-refractivity contribution is 0.0831. The summed E-state index contributed by atoms with van der Waals surface area (Å²) in [7, 11) is 0. The second kappa shape index (κ2) is 7.45. The van der Waals surface area contributed by atoms with Crippen molar-refractivity contribution in [1.29, 1.82) is 0 Å². The highest BCUT2D eigenvalue weighted by Gasteiger charge is 2.18. The molecule has 0 aliphatic carbocycles. The van der Waals surface area contributed by atoms with Gasteiger partial charge in [0.1, 0.15) is 6.61 Å². The molecule has 0 radical (unpaired) electrons. The molecule has 0 aromatic heterocycles. The van der Waals surface area contributed by atoms with E-state index in [0.29, 0.717) is 6.42 Å². The number of nitrogens with two attached hydrogens (primary N) is 1. The lowest BCUT2D eigenvalue weighted by atomic mass is 10.1. The van der Waals surface area contributed by atoms with Gasteiger partial charge in [0.15, 0.2) is 0 Å². The number of amides is 1. The van der Waals surface area contributed by atoms with Crippen molar-refractivity contribution in [3.05, 3.63) is 71.8 Å². The van der Waals surface area contributed by atoms with Crippen LogP contribution in [0.2, 0.25) is 0 Å². The Morgan fingerprint density at radius 2 is 1.57 bits per heavy atom. The molecule has 0 bridgehead atoms. The lowest BCUT2D eigenvalue weighted by Gasteiger charge is -2.23. The third kappa shape index (κ3) is 4.61. The average molecular weight is 284 g/mol. The molecule has 0 heterocycles. The minimum absolute atomic E-state index is 0.129. The summed E-state index contributed by atoms with van der Waals surface area (Å²) in [6.45, 7) is 2.13. The molecule has 2 rings (SSSR count). The number of hydrazine groups is 1. The van der Waals surface area contributed by atoms with Crippen LogP contribution in [0.25, 0.3) is 0 Å². The molecule has 4 heteroatoms. The predicted octanol–water partition coefficient (Wildman–Crippen LogP) is 3.13. The van der Waals surface area contributed by atoms with Crippen molar-refractivity contribution in [3.8, 4) is 0 Å². The fourth-order valence-electron chi connectivity index (χ4n) is 2.03. The first-order valence-corrected chi connectivity index (χ1v) is 6.95. The van der Waals surface area contributed by atoms with Gasteiger partial charge in [0.2, 0.25) is 0 Å². The van der Waals surface area contributed by atoms with Gasteiger partial charge >= 0.3 is 6.09 Å². The Balaban J connectivity index is 1.84. The largest absolute Gasteiger partial charge is 0.444 e. The highest BCUT2D eigenvalue weighted by Crippen LogP contribution is 2.08. The quantitative estimate of drug-likeness (QED) is 0.521. The Morgan fingerprint density at radius 1 is 1.05 bits per heavy atom. The van der Waals surface area contributed by atoms with E-state index < -0.39 is 6.09 Å². The Kier molecular flexibility index (Phi) is 5.35. The molecule has 2 aromatic rings. The molecule has 0 saturated heterocycles. The summed E-state index contributed by atoms with van der Waals surface area (Å²) in [6, 6.07) is 19.3. The summed E-state index contributed by atoms with van der Waals surface area (Å²) in [4.78, 5) is 11.9. The second-order valence-electron chi connectivity index (χ2n) is 4.99. The number of carbonyl (C=O) groups excluding carboxylic acids is 1. The van der Waals surface area contributed by atoms with Gasteiger partial charge in [0.25, 0.3) is 0 Å². The molecule has 2 aromatic carbocycles. The maximum Gasteiger partial charge on any atom is 0.424 e. The Labute approximate surface area is 125 Å². The molecular weight excluding hydrogens is 264 g/mol. The van der Waals surface area contributed by atoms with Crippen LogP contribution in [-0.2, 0) is 17.8 Å². The van der Waals surface area contributed by atoms with Gasteiger partial charge in [-0.1, -0.05) is 60.7 Å². The van der Waals surface area contributed by atoms with Crippen LogP contribution >= 0.6 is 0 Å². The number of nitrogens with zero attached hydrogens (tertiary/aromatic N) is 1. The van der Waals surface area contributed by atoms with Crippen LogP contribution in [0.3, 0.4) is 0 Å². The van der Waals surface area contributed by atoms with Crippen LogP contribution in [0.5, 0.6) is 0 Å². The summed E-state index contributed by atoms with van der Waals surface area (Å²) >= 11 is 0. The van der Waals surface area contributed by atoms with Crippen LogP contribution in [-0.4, -0.2) is 17.1 Å². The summed E-state index contributed by atoms with van der Waals surface area (Å²) in [5, 5.41) is 1.15. The van der Waals surface area contributed by atoms with Gasteiger partial charge in [-0.25, -0.2) is 15.6 Å². The van der Waals surface area contributed by atoms with Crippen molar-refractivity contribution in [2.24, 2.45) is 5.84 Å². The first-order chi connectivity index (χ1) is 10.2. The summed E-state index contributed by atoms with van der Waals surface area (Å²) in [5.41, 5.74) is 2.08. The van der Waals surface area contributed by atoms with Gasteiger partial charge < -0.3 is 4.74 Å². The van der Waals surface area contributed by atoms with Crippen LogP contribution in [0, 0.1) is 0 Å². The predicted molar refractivity (Wildman–Crippen MR) is 82.3 cm³/mol. The number of hydrogen-bond donors (Lipinski definition) is 1. The standard InChI is InChI=1S/C17H20N2O2/c1-14(12-15-8-4-2-5-9-15)19(18)17(20)21-13-16-10-6-3-7-11-16/h2-11,14H,12-13,18H2,1H3. The van der Waals surface area contributed by atoms with E-state index in [2.05, 4.69) is 0 Å². The summed E-state index contributed by atoms with van der Waals surface area (Å²) in [5.74, 6) is 5.83. The molecule has 0 aliphatic rings. The van der Waals surface area contributed by atoms with E-state index in [1.807, 2.05) is 67.6 Å². The van der Waals surface area contributed by atoms with E-state index in [1.165, 1.54) is 0 Å². The lowest BCUT2D eigenvalue weighted by Crippen LogP contribution is -2.45. The Bertz CT molecular complexity index is 558. The van der Waals surface area contributed by atoms with E-state index >= 15 is 0 Å². The number of rotatable bonds is 5. The van der Waals surface area contributed by atoms with Gasteiger partial charge in [-0.3, -0.25) is 0 Å². The van der Waals surface area contributed by atoms with Gasteiger partial charge in [-0.05, 0) is 24.5 Å². The molecule has 21 heavy (non-hydrogen) atoms. The fourth-order valence-corrected chi connectivity index (χ4v) is 2.03. The molecule has 1 amide bonds. The zero-order chi connectivity index (χ0) is 15.1. The minimum atomic E-state index is -0.512. The SMILES string of the molecule is CC(Cc1ccccc1)N(N)C(=O)OCc1ccccc1. The topological polar surface area (TPSA) is 55.6 Å². The zero-order valence-corrected chi connectivity index (χ0v) is 12.1. The van der Waals surface area contributed by atoms with Crippen LogP contribution in [0.15, 0.2) is 60.7 Å². The van der Waals surface area contributed by atoms with E-state index in [9.17, 15) is 4.79 Å². The average Bonchev–Trinajstić information content (AvgIpc) is 2.53. The molecule has 110 valence electrons. The van der Waals surface area contributed by atoms with E-state index in [4.69, 9.17) is 10.6 Å². The molecule has 4 nitrogen and oxygen atoms in total. The summed E-state index contributed by atoms with van der Waals surface area (Å²) < 4.78 is 5.21. The number of benzene rings is 2. The molecule has 0 saturated carbocycles. The van der Waals surface area contributed by atoms with Crippen LogP contribution in [0.1, 0.15) is 18.1 Å². The highest BCUT2D eigenvalue weighted by molar-refractivity contribution is 5.67. The normalized spacial score (nSPS) is 11.7. The van der Waals surface area contributed by atoms with Crippen molar-refractivity contribution in [2.75, 3.05) is 0 Å². The molecule has 2 N–H and O–H groups in total. The van der Waals surface area contributed by atoms with E-state index in [0.717, 1.165) is 16.1 Å². The minimum Gasteiger partial charge on any atom is -0.444 e. The third-order valence-corrected chi connectivity index (χ3v) is 3.26. The first kappa shape index (κ1) is 15.1. The Hall–Kier alpha value is -2.33. The molecule has 0 spiro atoms. The second-order valence-corrected chi connectivity index (χ2v) is 4.99. The number of carbonyl (C=O) groups is 1. The van der Waals surface area contributed by atoms with Crippen molar-refractivity contribution >= 4 is 6.09 Å². The van der Waals surface area contributed by atoms with Gasteiger partial charge in [0.05, 0.1) is 6.04 Å². The number of ether oxygens (including phenoxy) is 1. The van der Waals surface area contributed by atoms with Crippen molar-refractivity contribution < 1.29 is 9.53 Å². The smallest absolute Gasteiger partial charge is 0.424 e. The molecular formula is C17H20N2O2. The van der Waals surface area contributed by atoms with Gasteiger partial charge in [0, 0.05) is 0 Å². The molecule has 0 fully saturated rings. The number of hydrogen-bond acceptors (Lipinski definition) is 3. The van der Waals surface area contributed by atoms with Gasteiger partial charge in [-0.2, -0.15) is 0 Å². The maximum atomic E-state index is 11.9. The monoisotopic (exact) mass is 284 g/mol. The highest BCUT2D eigenvalue weighted by atomic mass is 16.6. The van der Waals surface area contributed by atoms with Crippen LogP contribution < -0.4 is 5.84 Å². The van der Waals surface area contributed by atoms with Crippen molar-refractivity contribution in [1.82, 2.24) is 5.01 Å². The molecule has 1 unspecified atom stereocenters. The van der Waals surface area contributed by atoms with Crippen molar-refractivity contribution in [2.45, 2.75) is 26.0 Å². The fraction of sp³-hybridized carbons (Fsp3) is 0.235. The van der Waals surface area contributed by atoms with Gasteiger partial charge in [-0.15, -0.1) is 0 Å². The van der Waals surface area contributed by atoms with Crippen LogP contribution in [0.4, 0.5) is 4.79 Å². The molecule has 0 aliphatic heterocycles. The van der Waals surface area contributed by atoms with E-state index in [1.54, 1.807) is 0 Å². The Morgan fingerprint density at radius 3 is 2.14 bits per heavy atom. The third-order valence-electron chi connectivity index (χ3n) is 3.26. The van der Waals surface area contributed by atoms with Crippen molar-refractivity contribution in [3.63, 3.8) is 0 Å². The maximum absolute atomic E-state index is 11.9. The summed E-state index contributed by atoms with van der Waals surface area (Å²) in [6.07, 6.45) is 0.180. The zero-order valence-electron chi connectivity index (χ0n) is 12.1.